The lowest BCUT2D eigenvalue weighted by molar-refractivity contribution is -0.145. The third-order valence-corrected chi connectivity index (χ3v) is 4.15. The van der Waals surface area contributed by atoms with Gasteiger partial charge in [0, 0.05) is 6.42 Å². The average Bonchev–Trinajstić information content (AvgIpc) is 2.68. The number of amides is 1. The minimum Gasteiger partial charge on any atom is -0.467 e. The zero-order valence-electron chi connectivity index (χ0n) is 15.3. The third-order valence-electron chi connectivity index (χ3n) is 4.15. The first-order valence-corrected chi connectivity index (χ1v) is 8.73. The highest BCUT2D eigenvalue weighted by atomic mass is 16.5. The van der Waals surface area contributed by atoms with Crippen molar-refractivity contribution in [1.29, 1.82) is 0 Å². The maximum Gasteiger partial charge on any atom is 0.328 e. The van der Waals surface area contributed by atoms with E-state index >= 15 is 0 Å². The summed E-state index contributed by atoms with van der Waals surface area (Å²) in [6.07, 6.45) is 0.261. The van der Waals surface area contributed by atoms with E-state index in [2.05, 4.69) is 5.32 Å². The summed E-state index contributed by atoms with van der Waals surface area (Å²) in [7, 11) is 1.26. The van der Waals surface area contributed by atoms with Crippen LogP contribution in [0.15, 0.2) is 60.7 Å². The van der Waals surface area contributed by atoms with Gasteiger partial charge in [-0.15, -0.1) is 0 Å². The van der Waals surface area contributed by atoms with Crippen molar-refractivity contribution in [2.24, 2.45) is 5.73 Å². The Bertz CT molecular complexity index is 762. The fourth-order valence-corrected chi connectivity index (χ4v) is 2.70. The molecular formula is C21H24N2O4. The van der Waals surface area contributed by atoms with Crippen LogP contribution in [0.1, 0.15) is 17.5 Å². The van der Waals surface area contributed by atoms with Crippen LogP contribution in [-0.4, -0.2) is 36.9 Å². The molecule has 0 heterocycles. The molecule has 0 aliphatic carbocycles. The largest absolute Gasteiger partial charge is 0.467 e. The first-order valence-electron chi connectivity index (χ1n) is 8.73. The second kappa shape index (κ2) is 10.2. The van der Waals surface area contributed by atoms with Gasteiger partial charge in [0.15, 0.2) is 5.78 Å². The molecule has 27 heavy (non-hydrogen) atoms. The van der Waals surface area contributed by atoms with Gasteiger partial charge in [-0.25, -0.2) is 4.79 Å². The smallest absolute Gasteiger partial charge is 0.328 e. The average molecular weight is 368 g/mol. The number of rotatable bonds is 9. The minimum absolute atomic E-state index is 0.281. The molecule has 142 valence electrons. The summed E-state index contributed by atoms with van der Waals surface area (Å²) >= 11 is 0. The number of benzene rings is 2. The Morgan fingerprint density at radius 1 is 0.926 bits per heavy atom. The number of carbonyl (C=O) groups excluding carboxylic acids is 3. The Morgan fingerprint density at radius 2 is 1.44 bits per heavy atom. The van der Waals surface area contributed by atoms with Crippen LogP contribution in [0.3, 0.4) is 0 Å². The Morgan fingerprint density at radius 3 is 1.96 bits per heavy atom. The molecule has 6 nitrogen and oxygen atoms in total. The summed E-state index contributed by atoms with van der Waals surface area (Å²) in [5.41, 5.74) is 7.72. The molecule has 0 fully saturated rings. The van der Waals surface area contributed by atoms with Gasteiger partial charge in [-0.2, -0.15) is 0 Å². The molecule has 2 atom stereocenters. The number of esters is 1. The van der Waals surface area contributed by atoms with Gasteiger partial charge in [0.2, 0.25) is 5.91 Å². The predicted octanol–water partition coefficient (Wildman–Crippen LogP) is 1.42. The standard InChI is InChI=1S/C21H24N2O4/c1-27-21(26)18(13-16-10-6-3-7-11-16)23-20(25)14-19(24)17(22)12-15-8-4-2-5-9-15/h2-11,17-18H,12-14,22H2,1H3,(H,23,25)/t17-,18+/m1/s1. The summed E-state index contributed by atoms with van der Waals surface area (Å²) in [6, 6.07) is 17.0. The van der Waals surface area contributed by atoms with E-state index in [1.54, 1.807) is 0 Å². The molecule has 2 rings (SSSR count). The molecule has 0 saturated carbocycles. The number of ketones is 1. The van der Waals surface area contributed by atoms with E-state index < -0.39 is 24.0 Å². The maximum atomic E-state index is 12.2. The van der Waals surface area contributed by atoms with Crippen molar-refractivity contribution in [2.45, 2.75) is 31.3 Å². The minimum atomic E-state index is -0.858. The van der Waals surface area contributed by atoms with E-state index in [1.165, 1.54) is 7.11 Å². The lowest BCUT2D eigenvalue weighted by atomic mass is 10.0. The van der Waals surface area contributed by atoms with Crippen molar-refractivity contribution in [1.82, 2.24) is 5.32 Å². The monoisotopic (exact) mass is 368 g/mol. The van der Waals surface area contributed by atoms with Gasteiger partial charge in [-0.3, -0.25) is 9.59 Å². The first-order chi connectivity index (χ1) is 13.0. The van der Waals surface area contributed by atoms with E-state index in [1.807, 2.05) is 60.7 Å². The normalized spacial score (nSPS) is 12.7. The molecule has 0 aromatic heterocycles. The highest BCUT2D eigenvalue weighted by Crippen LogP contribution is 2.06. The number of hydrogen-bond acceptors (Lipinski definition) is 5. The maximum absolute atomic E-state index is 12.2. The van der Waals surface area contributed by atoms with Crippen LogP contribution >= 0.6 is 0 Å². The number of Topliss-reactive ketones (excluding diaryl/α,β-unsaturated/α-hetero) is 1. The molecule has 0 aliphatic rings. The summed E-state index contributed by atoms with van der Waals surface area (Å²) < 4.78 is 4.75. The van der Waals surface area contributed by atoms with Crippen molar-refractivity contribution in [3.8, 4) is 0 Å². The van der Waals surface area contributed by atoms with Gasteiger partial charge in [-0.1, -0.05) is 60.7 Å². The summed E-state index contributed by atoms with van der Waals surface area (Å²) in [5, 5.41) is 2.58. The van der Waals surface area contributed by atoms with Gasteiger partial charge in [-0.05, 0) is 17.5 Å². The number of hydrogen-bond donors (Lipinski definition) is 2. The second-order valence-electron chi connectivity index (χ2n) is 6.27. The van der Waals surface area contributed by atoms with Crippen LogP contribution in [0.4, 0.5) is 0 Å². The van der Waals surface area contributed by atoms with Gasteiger partial charge < -0.3 is 15.8 Å². The first kappa shape index (κ1) is 20.3. The van der Waals surface area contributed by atoms with Crippen molar-refractivity contribution in [3.63, 3.8) is 0 Å². The van der Waals surface area contributed by atoms with Crippen molar-refractivity contribution < 1.29 is 19.1 Å². The van der Waals surface area contributed by atoms with Crippen molar-refractivity contribution >= 4 is 17.7 Å². The molecule has 0 radical (unpaired) electrons. The van der Waals surface area contributed by atoms with Gasteiger partial charge in [0.25, 0.3) is 0 Å². The van der Waals surface area contributed by atoms with Gasteiger partial charge in [0.05, 0.1) is 19.6 Å². The molecule has 2 aromatic carbocycles. The highest BCUT2D eigenvalue weighted by Gasteiger charge is 2.24. The topological polar surface area (TPSA) is 98.5 Å². The van der Waals surface area contributed by atoms with Crippen LogP contribution in [-0.2, 0) is 32.0 Å². The molecule has 2 aromatic rings. The zero-order valence-corrected chi connectivity index (χ0v) is 15.3. The van der Waals surface area contributed by atoms with Crippen molar-refractivity contribution in [3.05, 3.63) is 71.8 Å². The van der Waals surface area contributed by atoms with Crippen LogP contribution in [0.5, 0.6) is 0 Å². The summed E-state index contributed by atoms with van der Waals surface area (Å²) in [6.45, 7) is 0. The molecule has 0 aliphatic heterocycles. The van der Waals surface area contributed by atoms with Gasteiger partial charge in [0.1, 0.15) is 6.04 Å². The number of ether oxygens (including phenoxy) is 1. The molecular weight excluding hydrogens is 344 g/mol. The number of nitrogens with two attached hydrogens (primary N) is 1. The lowest BCUT2D eigenvalue weighted by Gasteiger charge is -2.17. The SMILES string of the molecule is COC(=O)[C@H](Cc1ccccc1)NC(=O)CC(=O)[C@H](N)Cc1ccccc1. The lowest BCUT2D eigenvalue weighted by Crippen LogP contribution is -2.45. The fraction of sp³-hybridized carbons (Fsp3) is 0.286. The predicted molar refractivity (Wildman–Crippen MR) is 102 cm³/mol. The second-order valence-corrected chi connectivity index (χ2v) is 6.27. The molecule has 0 unspecified atom stereocenters. The Hall–Kier alpha value is -2.99. The van der Waals surface area contributed by atoms with E-state index in [0.717, 1.165) is 11.1 Å². The summed E-state index contributed by atoms with van der Waals surface area (Å²) in [4.78, 5) is 36.4. The molecule has 0 bridgehead atoms. The Labute approximate surface area is 158 Å². The van der Waals surface area contributed by atoms with E-state index in [0.29, 0.717) is 6.42 Å². The highest BCUT2D eigenvalue weighted by molar-refractivity contribution is 6.01. The number of carbonyl (C=O) groups is 3. The summed E-state index contributed by atoms with van der Waals surface area (Å²) in [5.74, 6) is -1.48. The van der Waals surface area contributed by atoms with Crippen LogP contribution in [0.25, 0.3) is 0 Å². The van der Waals surface area contributed by atoms with E-state index in [9.17, 15) is 14.4 Å². The molecule has 3 N–H and O–H groups in total. The van der Waals surface area contributed by atoms with Gasteiger partial charge >= 0.3 is 5.97 Å². The fourth-order valence-electron chi connectivity index (χ4n) is 2.70. The zero-order chi connectivity index (χ0) is 19.6. The van der Waals surface area contributed by atoms with Crippen LogP contribution < -0.4 is 11.1 Å². The van der Waals surface area contributed by atoms with Crippen LogP contribution in [0.2, 0.25) is 0 Å². The van der Waals surface area contributed by atoms with E-state index in [4.69, 9.17) is 10.5 Å². The molecule has 1 amide bonds. The molecule has 0 saturated heterocycles. The quantitative estimate of drug-likeness (QED) is 0.515. The number of methoxy groups -OCH3 is 1. The Balaban J connectivity index is 1.92. The van der Waals surface area contributed by atoms with Crippen LogP contribution in [0, 0.1) is 0 Å². The number of nitrogens with one attached hydrogen (secondary N) is 1. The van der Waals surface area contributed by atoms with E-state index in [-0.39, 0.29) is 18.6 Å². The molecule has 6 heteroatoms. The van der Waals surface area contributed by atoms with Crippen molar-refractivity contribution in [2.75, 3.05) is 7.11 Å². The third kappa shape index (κ3) is 6.67. The molecule has 0 spiro atoms. The Kier molecular flexibility index (Phi) is 7.70.